The first-order chi connectivity index (χ1) is 7.54. The first kappa shape index (κ1) is 11.9. The summed E-state index contributed by atoms with van der Waals surface area (Å²) in [6.45, 7) is 1.42. The summed E-state index contributed by atoms with van der Waals surface area (Å²) in [5.74, 6) is 0.270. The van der Waals surface area contributed by atoms with Gasteiger partial charge in [0.25, 0.3) is 5.69 Å². The number of carbonyl (C=O) groups excluding carboxylic acids is 1. The Labute approximate surface area is 92.5 Å². The van der Waals surface area contributed by atoms with Gasteiger partial charge < -0.3 is 4.74 Å². The maximum atomic E-state index is 10.8. The van der Waals surface area contributed by atoms with E-state index in [4.69, 9.17) is 4.74 Å². The molecule has 0 aliphatic carbocycles. The minimum atomic E-state index is -0.499. The van der Waals surface area contributed by atoms with E-state index in [1.165, 1.54) is 38.3 Å². The van der Waals surface area contributed by atoms with Crippen LogP contribution in [0.1, 0.15) is 12.5 Å². The fourth-order valence-electron chi connectivity index (χ4n) is 1.16. The van der Waals surface area contributed by atoms with Crippen molar-refractivity contribution in [3.8, 4) is 5.75 Å². The molecule has 0 spiro atoms. The lowest BCUT2D eigenvalue weighted by Gasteiger charge is -2.03. The Morgan fingerprint density at radius 3 is 2.69 bits per heavy atom. The minimum Gasteiger partial charge on any atom is -0.496 e. The summed E-state index contributed by atoms with van der Waals surface area (Å²) >= 11 is 0. The van der Waals surface area contributed by atoms with Crippen molar-refractivity contribution in [2.45, 2.75) is 6.92 Å². The van der Waals surface area contributed by atoms with E-state index in [1.807, 2.05) is 0 Å². The van der Waals surface area contributed by atoms with E-state index in [0.29, 0.717) is 11.3 Å². The van der Waals surface area contributed by atoms with E-state index in [-0.39, 0.29) is 11.5 Å². The molecule has 0 unspecified atom stereocenters. The van der Waals surface area contributed by atoms with Crippen LogP contribution >= 0.6 is 0 Å². The molecule has 0 heterocycles. The zero-order valence-corrected chi connectivity index (χ0v) is 8.97. The molecule has 0 aliphatic rings. The van der Waals surface area contributed by atoms with E-state index in [2.05, 4.69) is 0 Å². The van der Waals surface area contributed by atoms with Crippen molar-refractivity contribution in [2.75, 3.05) is 7.11 Å². The molecule has 1 aromatic rings. The highest BCUT2D eigenvalue weighted by molar-refractivity contribution is 5.91. The maximum absolute atomic E-state index is 10.8. The topological polar surface area (TPSA) is 69.4 Å². The number of nitro groups is 1. The van der Waals surface area contributed by atoms with Gasteiger partial charge in [0.1, 0.15) is 5.75 Å². The highest BCUT2D eigenvalue weighted by Crippen LogP contribution is 2.25. The molecule has 0 amide bonds. The van der Waals surface area contributed by atoms with E-state index >= 15 is 0 Å². The highest BCUT2D eigenvalue weighted by Gasteiger charge is 2.09. The second kappa shape index (κ2) is 5.06. The highest BCUT2D eigenvalue weighted by atomic mass is 16.6. The van der Waals surface area contributed by atoms with Gasteiger partial charge in [-0.2, -0.15) is 0 Å². The second-order valence-corrected chi connectivity index (χ2v) is 3.13. The standard InChI is InChI=1S/C11H11NO4/c1-8(13)3-4-9-5-6-10(12(14)15)7-11(9)16-2/h3-7H,1-2H3/b4-3+. The van der Waals surface area contributed by atoms with Crippen molar-refractivity contribution in [3.63, 3.8) is 0 Å². The number of hydrogen-bond acceptors (Lipinski definition) is 4. The molecular formula is C11H11NO4. The van der Waals surface area contributed by atoms with Crippen LogP contribution in [0.3, 0.4) is 0 Å². The Bertz CT molecular complexity index is 451. The lowest BCUT2D eigenvalue weighted by molar-refractivity contribution is -0.384. The third-order valence-electron chi connectivity index (χ3n) is 1.93. The molecule has 5 heteroatoms. The van der Waals surface area contributed by atoms with Gasteiger partial charge in [-0.15, -0.1) is 0 Å². The van der Waals surface area contributed by atoms with Gasteiger partial charge in [-0.1, -0.05) is 0 Å². The molecule has 1 aromatic carbocycles. The molecule has 16 heavy (non-hydrogen) atoms. The first-order valence-corrected chi connectivity index (χ1v) is 4.55. The number of ether oxygens (including phenoxy) is 1. The van der Waals surface area contributed by atoms with Gasteiger partial charge in [0.15, 0.2) is 5.78 Å². The maximum Gasteiger partial charge on any atom is 0.273 e. The summed E-state index contributed by atoms with van der Waals surface area (Å²) in [5.41, 5.74) is 0.583. The number of hydrogen-bond donors (Lipinski definition) is 0. The van der Waals surface area contributed by atoms with Crippen molar-refractivity contribution in [3.05, 3.63) is 40.0 Å². The van der Waals surface area contributed by atoms with Gasteiger partial charge in [0.2, 0.25) is 0 Å². The number of non-ortho nitro benzene ring substituents is 1. The fraction of sp³-hybridized carbons (Fsp3) is 0.182. The summed E-state index contributed by atoms with van der Waals surface area (Å²) in [6, 6.07) is 4.22. The molecule has 0 saturated carbocycles. The van der Waals surface area contributed by atoms with Gasteiger partial charge in [-0.05, 0) is 25.1 Å². The molecule has 0 bridgehead atoms. The number of nitro benzene ring substituents is 1. The molecule has 0 aliphatic heterocycles. The smallest absolute Gasteiger partial charge is 0.273 e. The van der Waals surface area contributed by atoms with Gasteiger partial charge in [0.05, 0.1) is 18.1 Å². The average molecular weight is 221 g/mol. The molecule has 5 nitrogen and oxygen atoms in total. The van der Waals surface area contributed by atoms with Crippen molar-refractivity contribution in [1.82, 2.24) is 0 Å². The zero-order valence-electron chi connectivity index (χ0n) is 8.97. The van der Waals surface area contributed by atoms with Crippen LogP contribution in [-0.4, -0.2) is 17.8 Å². The van der Waals surface area contributed by atoms with E-state index in [1.54, 1.807) is 6.08 Å². The summed E-state index contributed by atoms with van der Waals surface area (Å²) < 4.78 is 5.00. The molecule has 0 fully saturated rings. The van der Waals surface area contributed by atoms with Crippen LogP contribution in [0.5, 0.6) is 5.75 Å². The molecule has 0 saturated heterocycles. The summed E-state index contributed by atoms with van der Waals surface area (Å²) in [5, 5.41) is 10.5. The van der Waals surface area contributed by atoms with Gasteiger partial charge in [0, 0.05) is 11.6 Å². The van der Waals surface area contributed by atoms with E-state index in [0.717, 1.165) is 0 Å². The number of methoxy groups -OCH3 is 1. The summed E-state index contributed by atoms with van der Waals surface area (Å²) in [7, 11) is 1.42. The molecule has 84 valence electrons. The van der Waals surface area contributed by atoms with Crippen LogP contribution in [-0.2, 0) is 4.79 Å². The van der Waals surface area contributed by atoms with Crippen LogP contribution in [0.15, 0.2) is 24.3 Å². The number of nitrogens with zero attached hydrogens (tertiary/aromatic N) is 1. The van der Waals surface area contributed by atoms with Gasteiger partial charge >= 0.3 is 0 Å². The molecular weight excluding hydrogens is 210 g/mol. The summed E-state index contributed by atoms with van der Waals surface area (Å²) in [6.07, 6.45) is 2.94. The van der Waals surface area contributed by atoms with Gasteiger partial charge in [-0.25, -0.2) is 0 Å². The number of allylic oxidation sites excluding steroid dienone is 1. The molecule has 1 rings (SSSR count). The number of benzene rings is 1. The number of rotatable bonds is 4. The van der Waals surface area contributed by atoms with Crippen LogP contribution in [0, 0.1) is 10.1 Å². The second-order valence-electron chi connectivity index (χ2n) is 3.13. The monoisotopic (exact) mass is 221 g/mol. The van der Waals surface area contributed by atoms with Crippen LogP contribution in [0.4, 0.5) is 5.69 Å². The van der Waals surface area contributed by atoms with Crippen molar-refractivity contribution in [2.24, 2.45) is 0 Å². The number of carbonyl (C=O) groups is 1. The molecule has 0 aromatic heterocycles. The SMILES string of the molecule is COc1cc([N+](=O)[O-])ccc1/C=C/C(C)=O. The van der Waals surface area contributed by atoms with Crippen LogP contribution in [0.2, 0.25) is 0 Å². The van der Waals surface area contributed by atoms with Crippen LogP contribution in [0.25, 0.3) is 6.08 Å². The Kier molecular flexibility index (Phi) is 3.77. The minimum absolute atomic E-state index is 0.0446. The third-order valence-corrected chi connectivity index (χ3v) is 1.93. The predicted molar refractivity (Wildman–Crippen MR) is 59.4 cm³/mol. The van der Waals surface area contributed by atoms with Crippen molar-refractivity contribution >= 4 is 17.5 Å². The van der Waals surface area contributed by atoms with Crippen molar-refractivity contribution in [1.29, 1.82) is 0 Å². The van der Waals surface area contributed by atoms with E-state index in [9.17, 15) is 14.9 Å². The van der Waals surface area contributed by atoms with Crippen LogP contribution < -0.4 is 4.74 Å². The first-order valence-electron chi connectivity index (χ1n) is 4.55. The number of ketones is 1. The predicted octanol–water partition coefficient (Wildman–Crippen LogP) is 2.21. The summed E-state index contributed by atoms with van der Waals surface area (Å²) in [4.78, 5) is 20.8. The zero-order chi connectivity index (χ0) is 12.1. The quantitative estimate of drug-likeness (QED) is 0.444. The Hall–Kier alpha value is -2.17. The van der Waals surface area contributed by atoms with Gasteiger partial charge in [-0.3, -0.25) is 14.9 Å². The Morgan fingerprint density at radius 2 is 2.19 bits per heavy atom. The van der Waals surface area contributed by atoms with Crippen molar-refractivity contribution < 1.29 is 14.5 Å². The largest absolute Gasteiger partial charge is 0.496 e. The Morgan fingerprint density at radius 1 is 1.50 bits per heavy atom. The third kappa shape index (κ3) is 2.91. The fourth-order valence-corrected chi connectivity index (χ4v) is 1.16. The molecule has 0 radical (unpaired) electrons. The van der Waals surface area contributed by atoms with E-state index < -0.39 is 4.92 Å². The lowest BCUT2D eigenvalue weighted by Crippen LogP contribution is -1.92. The lowest BCUT2D eigenvalue weighted by atomic mass is 10.1. The Balaban J connectivity index is 3.11. The average Bonchev–Trinajstić information content (AvgIpc) is 2.25. The molecule has 0 N–H and O–H groups in total. The molecule has 0 atom stereocenters. The normalized spacial score (nSPS) is 10.4.